The summed E-state index contributed by atoms with van der Waals surface area (Å²) in [5.41, 5.74) is 2.29. The molecule has 34 heavy (non-hydrogen) atoms. The number of anilines is 1. The number of halogens is 1. The molecule has 8 heteroatoms. The van der Waals surface area contributed by atoms with Crippen LogP contribution in [-0.4, -0.2) is 25.1 Å². The smallest absolute Gasteiger partial charge is 0.259 e. The average molecular weight is 475 g/mol. The molecule has 2 heterocycles. The number of furan rings is 1. The summed E-state index contributed by atoms with van der Waals surface area (Å²) >= 11 is 5.90. The summed E-state index contributed by atoms with van der Waals surface area (Å²) in [4.78, 5) is 17.1. The van der Waals surface area contributed by atoms with E-state index in [-0.39, 0.29) is 5.91 Å². The molecule has 0 aliphatic carbocycles. The predicted molar refractivity (Wildman–Crippen MR) is 131 cm³/mol. The van der Waals surface area contributed by atoms with Gasteiger partial charge in [-0.25, -0.2) is 0 Å². The molecule has 0 saturated heterocycles. The minimum absolute atomic E-state index is 0.282. The number of ether oxygens (including phenoxy) is 3. The summed E-state index contributed by atoms with van der Waals surface area (Å²) in [7, 11) is 3.15. The summed E-state index contributed by atoms with van der Waals surface area (Å²) in [5.74, 6) is 2.02. The lowest BCUT2D eigenvalue weighted by molar-refractivity contribution is 0.102. The van der Waals surface area contributed by atoms with Gasteiger partial charge in [0.1, 0.15) is 23.3 Å². The maximum Gasteiger partial charge on any atom is 0.259 e. The maximum absolute atomic E-state index is 12.7. The first kappa shape index (κ1) is 21.6. The Labute approximate surface area is 199 Å². The van der Waals surface area contributed by atoms with E-state index in [0.717, 1.165) is 5.39 Å². The Hall–Kier alpha value is -4.23. The average Bonchev–Trinajstić information content (AvgIpc) is 3.28. The van der Waals surface area contributed by atoms with Crippen LogP contribution in [0, 0.1) is 0 Å². The van der Waals surface area contributed by atoms with E-state index in [4.69, 9.17) is 30.2 Å². The van der Waals surface area contributed by atoms with Crippen LogP contribution in [-0.2, 0) is 0 Å². The number of carbonyl (C=O) groups is 1. The van der Waals surface area contributed by atoms with Crippen molar-refractivity contribution in [1.29, 1.82) is 0 Å². The molecule has 1 N–H and O–H groups in total. The van der Waals surface area contributed by atoms with Gasteiger partial charge < -0.3 is 23.9 Å². The van der Waals surface area contributed by atoms with Crippen molar-refractivity contribution in [2.24, 2.45) is 0 Å². The van der Waals surface area contributed by atoms with Gasteiger partial charge in [-0.15, -0.1) is 0 Å². The summed E-state index contributed by atoms with van der Waals surface area (Å²) in [6.45, 7) is 0. The number of pyridine rings is 1. The van der Waals surface area contributed by atoms with E-state index >= 15 is 0 Å². The maximum atomic E-state index is 12.7. The number of nitrogens with one attached hydrogen (secondary N) is 1. The Bertz CT molecular complexity index is 1510. The lowest BCUT2D eigenvalue weighted by Gasteiger charge is -2.12. The van der Waals surface area contributed by atoms with Crippen molar-refractivity contribution in [2.45, 2.75) is 0 Å². The fourth-order valence-electron chi connectivity index (χ4n) is 3.64. The van der Waals surface area contributed by atoms with Crippen molar-refractivity contribution in [3.8, 4) is 23.0 Å². The van der Waals surface area contributed by atoms with Gasteiger partial charge in [0.2, 0.25) is 0 Å². The molecule has 0 aliphatic rings. The number of rotatable bonds is 6. The monoisotopic (exact) mass is 474 g/mol. The van der Waals surface area contributed by atoms with Crippen LogP contribution in [0.1, 0.15) is 10.4 Å². The SMILES string of the molecule is COc1cc2nccc(Oc3ccc4c(C(=O)Nc5ccc(Cl)cc5)coc4c3)c2cc1OC. The van der Waals surface area contributed by atoms with Crippen LogP contribution in [0.2, 0.25) is 5.02 Å². The van der Waals surface area contributed by atoms with Crippen molar-refractivity contribution in [3.63, 3.8) is 0 Å². The van der Waals surface area contributed by atoms with Crippen LogP contribution in [0.3, 0.4) is 0 Å². The Morgan fingerprint density at radius 2 is 1.68 bits per heavy atom. The highest BCUT2D eigenvalue weighted by atomic mass is 35.5. The van der Waals surface area contributed by atoms with Gasteiger partial charge in [0.15, 0.2) is 11.5 Å². The molecule has 5 aromatic rings. The zero-order chi connectivity index (χ0) is 23.7. The first-order chi connectivity index (χ1) is 16.6. The van der Waals surface area contributed by atoms with Gasteiger partial charge in [-0.3, -0.25) is 9.78 Å². The third-order valence-electron chi connectivity index (χ3n) is 5.33. The van der Waals surface area contributed by atoms with Crippen LogP contribution >= 0.6 is 11.6 Å². The number of fused-ring (bicyclic) bond motifs is 2. The number of hydrogen-bond donors (Lipinski definition) is 1. The largest absolute Gasteiger partial charge is 0.493 e. The molecule has 0 aliphatic heterocycles. The summed E-state index contributed by atoms with van der Waals surface area (Å²) in [6.07, 6.45) is 3.09. The lowest BCUT2D eigenvalue weighted by Crippen LogP contribution is -2.11. The Morgan fingerprint density at radius 3 is 2.44 bits per heavy atom. The number of hydrogen-bond acceptors (Lipinski definition) is 6. The molecule has 0 spiro atoms. The molecule has 0 radical (unpaired) electrons. The first-order valence-electron chi connectivity index (χ1n) is 10.3. The summed E-state index contributed by atoms with van der Waals surface area (Å²) in [6, 6.07) is 17.6. The van der Waals surface area contributed by atoms with Crippen LogP contribution < -0.4 is 19.5 Å². The predicted octanol–water partition coefficient (Wildman–Crippen LogP) is 6.70. The fourth-order valence-corrected chi connectivity index (χ4v) is 3.77. The molecule has 5 rings (SSSR count). The summed E-state index contributed by atoms with van der Waals surface area (Å²) in [5, 5.41) is 4.87. The molecule has 1 amide bonds. The quantitative estimate of drug-likeness (QED) is 0.295. The van der Waals surface area contributed by atoms with Crippen molar-refractivity contribution >= 4 is 45.1 Å². The normalized spacial score (nSPS) is 10.9. The molecule has 0 bridgehead atoms. The standard InChI is InChI=1S/C26H19ClN2O5/c1-31-24-12-19-21(13-25(24)32-2)28-10-9-22(19)34-17-7-8-18-20(14-33-23(18)11-17)26(30)29-16-5-3-15(27)4-6-16/h3-14H,1-2H3,(H,29,30). The van der Waals surface area contributed by atoms with Gasteiger partial charge in [0.05, 0.1) is 25.3 Å². The molecule has 0 fully saturated rings. The Morgan fingerprint density at radius 1 is 0.912 bits per heavy atom. The van der Waals surface area contributed by atoms with Gasteiger partial charge in [-0.2, -0.15) is 0 Å². The van der Waals surface area contributed by atoms with E-state index in [2.05, 4.69) is 10.3 Å². The third-order valence-corrected chi connectivity index (χ3v) is 5.58. The van der Waals surface area contributed by atoms with Crippen molar-refractivity contribution in [2.75, 3.05) is 19.5 Å². The summed E-state index contributed by atoms with van der Waals surface area (Å²) < 4.78 is 22.6. The molecular weight excluding hydrogens is 456 g/mol. The number of nitrogens with zero attached hydrogens (tertiary/aromatic N) is 1. The zero-order valence-electron chi connectivity index (χ0n) is 18.3. The second-order valence-corrected chi connectivity index (χ2v) is 7.84. The number of carbonyl (C=O) groups excluding carboxylic acids is 1. The second kappa shape index (κ2) is 8.96. The van der Waals surface area contributed by atoms with Crippen LogP contribution in [0.15, 0.2) is 77.5 Å². The van der Waals surface area contributed by atoms with Gasteiger partial charge in [0.25, 0.3) is 5.91 Å². The van der Waals surface area contributed by atoms with Gasteiger partial charge in [-0.05, 0) is 48.5 Å². The Kier molecular flexibility index (Phi) is 5.69. The fraction of sp³-hybridized carbons (Fsp3) is 0.0769. The Balaban J connectivity index is 1.43. The van der Waals surface area contributed by atoms with E-state index in [9.17, 15) is 4.79 Å². The highest BCUT2D eigenvalue weighted by Crippen LogP contribution is 2.37. The highest BCUT2D eigenvalue weighted by Gasteiger charge is 2.16. The number of benzene rings is 3. The first-order valence-corrected chi connectivity index (χ1v) is 10.7. The minimum atomic E-state index is -0.282. The molecule has 3 aromatic carbocycles. The number of aromatic nitrogens is 1. The van der Waals surface area contributed by atoms with Crippen LogP contribution in [0.4, 0.5) is 5.69 Å². The van der Waals surface area contributed by atoms with Gasteiger partial charge in [0, 0.05) is 39.8 Å². The lowest BCUT2D eigenvalue weighted by atomic mass is 10.1. The molecule has 0 saturated carbocycles. The molecule has 170 valence electrons. The van der Waals surface area contributed by atoms with E-state index in [1.165, 1.54) is 6.26 Å². The van der Waals surface area contributed by atoms with Crippen LogP contribution in [0.5, 0.6) is 23.0 Å². The third kappa shape index (κ3) is 4.09. The second-order valence-electron chi connectivity index (χ2n) is 7.40. The van der Waals surface area contributed by atoms with E-state index < -0.39 is 0 Å². The van der Waals surface area contributed by atoms with Crippen molar-refractivity contribution in [1.82, 2.24) is 4.98 Å². The molecule has 7 nitrogen and oxygen atoms in total. The molecular formula is C26H19ClN2O5. The van der Waals surface area contributed by atoms with E-state index in [1.807, 2.05) is 6.07 Å². The molecule has 0 atom stereocenters. The number of methoxy groups -OCH3 is 2. The topological polar surface area (TPSA) is 82.8 Å². The van der Waals surface area contributed by atoms with E-state index in [1.54, 1.807) is 75.0 Å². The van der Waals surface area contributed by atoms with Crippen LogP contribution in [0.25, 0.3) is 21.9 Å². The van der Waals surface area contributed by atoms with Crippen molar-refractivity contribution in [3.05, 3.63) is 83.7 Å². The zero-order valence-corrected chi connectivity index (χ0v) is 19.1. The highest BCUT2D eigenvalue weighted by molar-refractivity contribution is 6.30. The molecule has 2 aromatic heterocycles. The minimum Gasteiger partial charge on any atom is -0.493 e. The van der Waals surface area contributed by atoms with E-state index in [0.29, 0.717) is 55.8 Å². The number of amides is 1. The van der Waals surface area contributed by atoms with Gasteiger partial charge >= 0.3 is 0 Å². The van der Waals surface area contributed by atoms with Gasteiger partial charge in [-0.1, -0.05) is 11.6 Å². The van der Waals surface area contributed by atoms with Crippen molar-refractivity contribution < 1.29 is 23.4 Å². The molecule has 0 unspecified atom stereocenters.